The minimum atomic E-state index is 0.361. The van der Waals surface area contributed by atoms with E-state index in [4.69, 9.17) is 16.6 Å². The van der Waals surface area contributed by atoms with E-state index in [2.05, 4.69) is 27.5 Å². The normalized spacial score (nSPS) is 21.1. The van der Waals surface area contributed by atoms with Crippen LogP contribution < -0.4 is 10.6 Å². The second-order valence-electron chi connectivity index (χ2n) is 6.14. The Morgan fingerprint density at radius 1 is 1.29 bits per heavy atom. The lowest BCUT2D eigenvalue weighted by Gasteiger charge is -2.30. The Kier molecular flexibility index (Phi) is 4.08. The van der Waals surface area contributed by atoms with Crippen molar-refractivity contribution in [3.8, 4) is 11.4 Å². The second kappa shape index (κ2) is 6.37. The summed E-state index contributed by atoms with van der Waals surface area (Å²) >= 11 is 6.11. The van der Waals surface area contributed by atoms with E-state index in [1.54, 1.807) is 18.6 Å². The summed E-state index contributed by atoms with van der Waals surface area (Å²) in [7, 11) is 0. The van der Waals surface area contributed by atoms with Crippen LogP contribution in [0, 0.1) is 0 Å². The summed E-state index contributed by atoms with van der Waals surface area (Å²) in [6.07, 6.45) is 9.45. The van der Waals surface area contributed by atoms with Crippen molar-refractivity contribution in [1.82, 2.24) is 24.7 Å². The van der Waals surface area contributed by atoms with Crippen LogP contribution >= 0.6 is 11.6 Å². The van der Waals surface area contributed by atoms with E-state index in [1.165, 1.54) is 6.42 Å². The van der Waals surface area contributed by atoms with Crippen LogP contribution in [0.3, 0.4) is 0 Å². The van der Waals surface area contributed by atoms with Gasteiger partial charge in [0, 0.05) is 18.3 Å². The average molecular weight is 343 g/mol. The molecule has 1 aliphatic heterocycles. The van der Waals surface area contributed by atoms with Gasteiger partial charge in [0.1, 0.15) is 17.2 Å². The third kappa shape index (κ3) is 2.95. The number of pyridine rings is 1. The van der Waals surface area contributed by atoms with Gasteiger partial charge >= 0.3 is 0 Å². The number of halogens is 1. The van der Waals surface area contributed by atoms with Crippen LogP contribution in [0.25, 0.3) is 17.0 Å². The van der Waals surface area contributed by atoms with Gasteiger partial charge in [-0.25, -0.2) is 9.97 Å². The van der Waals surface area contributed by atoms with Crippen molar-refractivity contribution in [3.05, 3.63) is 41.9 Å². The number of rotatable bonds is 3. The van der Waals surface area contributed by atoms with Gasteiger partial charge < -0.3 is 10.6 Å². The summed E-state index contributed by atoms with van der Waals surface area (Å²) in [4.78, 5) is 13.5. The lowest BCUT2D eigenvalue weighted by molar-refractivity contribution is 0.388. The van der Waals surface area contributed by atoms with Crippen LogP contribution in [0.15, 0.2) is 36.9 Å². The van der Waals surface area contributed by atoms with Gasteiger partial charge in [-0.1, -0.05) is 11.6 Å². The summed E-state index contributed by atoms with van der Waals surface area (Å²) in [6.45, 7) is 3.27. The Bertz CT molecular complexity index is 861. The van der Waals surface area contributed by atoms with E-state index in [9.17, 15) is 0 Å². The molecule has 0 bridgehead atoms. The predicted octanol–water partition coefficient (Wildman–Crippen LogP) is 3.00. The zero-order valence-corrected chi connectivity index (χ0v) is 14.2. The molecule has 0 radical (unpaired) electrons. The van der Waals surface area contributed by atoms with Crippen LogP contribution in [0.4, 0.5) is 5.82 Å². The van der Waals surface area contributed by atoms with Crippen LogP contribution in [0.1, 0.15) is 19.8 Å². The molecule has 1 aliphatic rings. The summed E-state index contributed by atoms with van der Waals surface area (Å²) in [6, 6.07) is 4.49. The van der Waals surface area contributed by atoms with Gasteiger partial charge in [0.2, 0.25) is 0 Å². The molecule has 24 heavy (non-hydrogen) atoms. The summed E-state index contributed by atoms with van der Waals surface area (Å²) < 4.78 is 1.93. The number of hydrogen-bond donors (Lipinski definition) is 2. The Hall–Kier alpha value is -2.18. The molecule has 124 valence electrons. The number of nitrogens with one attached hydrogen (secondary N) is 2. The Labute approximate surface area is 145 Å². The largest absolute Gasteiger partial charge is 0.364 e. The number of imidazole rings is 1. The number of anilines is 1. The fraction of sp³-hybridized carbons (Fsp3) is 0.353. The topological polar surface area (TPSA) is 67.1 Å². The summed E-state index contributed by atoms with van der Waals surface area (Å²) in [5, 5.41) is 7.64. The number of nitrogens with zero attached hydrogens (tertiary/aromatic N) is 4. The molecule has 0 aromatic carbocycles. The van der Waals surface area contributed by atoms with Crippen molar-refractivity contribution in [2.45, 2.75) is 31.8 Å². The predicted molar refractivity (Wildman–Crippen MR) is 95.3 cm³/mol. The number of aromatic nitrogens is 4. The summed E-state index contributed by atoms with van der Waals surface area (Å²) in [5.74, 6) is 0.782. The van der Waals surface area contributed by atoms with Gasteiger partial charge in [0.25, 0.3) is 0 Å². The van der Waals surface area contributed by atoms with Gasteiger partial charge in [-0.05, 0) is 38.4 Å². The molecule has 3 aromatic rings. The Morgan fingerprint density at radius 2 is 2.21 bits per heavy atom. The van der Waals surface area contributed by atoms with Crippen molar-refractivity contribution >= 4 is 23.1 Å². The first-order valence-electron chi connectivity index (χ1n) is 8.16. The van der Waals surface area contributed by atoms with E-state index in [-0.39, 0.29) is 0 Å². The Morgan fingerprint density at radius 3 is 3.08 bits per heavy atom. The quantitative estimate of drug-likeness (QED) is 0.766. The maximum Gasteiger partial charge on any atom is 0.145 e. The molecule has 1 fully saturated rings. The molecule has 0 amide bonds. The molecule has 0 saturated carbocycles. The number of fused-ring (bicyclic) bond motifs is 1. The van der Waals surface area contributed by atoms with Gasteiger partial charge in [-0.3, -0.25) is 9.38 Å². The molecule has 2 atom stereocenters. The molecule has 4 heterocycles. The SMILES string of the molecule is C[C@@H]1NCCC[C@H]1Nc1cncc(-c2cnc3ccc(Cl)cn23)n1. The maximum atomic E-state index is 6.11. The van der Waals surface area contributed by atoms with Gasteiger partial charge in [-0.15, -0.1) is 0 Å². The molecule has 1 saturated heterocycles. The van der Waals surface area contributed by atoms with E-state index in [1.807, 2.05) is 22.7 Å². The zero-order valence-electron chi connectivity index (χ0n) is 13.4. The second-order valence-corrected chi connectivity index (χ2v) is 6.58. The standard InChI is InChI=1S/C17H19ClN6/c1-11-13(3-2-6-20-11)22-16-9-19-7-14(23-16)15-8-21-17-5-4-12(18)10-24(15)17/h4-5,7-11,13,20H,2-3,6H2,1H3,(H,22,23)/t11-,13+/m0/s1. The molecule has 4 rings (SSSR count). The van der Waals surface area contributed by atoms with E-state index in [0.29, 0.717) is 17.1 Å². The number of piperidine rings is 1. The first kappa shape index (κ1) is 15.4. The number of hydrogen-bond acceptors (Lipinski definition) is 5. The molecule has 0 unspecified atom stereocenters. The van der Waals surface area contributed by atoms with Crippen molar-refractivity contribution in [1.29, 1.82) is 0 Å². The van der Waals surface area contributed by atoms with Crippen LogP contribution in [-0.2, 0) is 0 Å². The van der Waals surface area contributed by atoms with E-state index in [0.717, 1.165) is 35.8 Å². The monoisotopic (exact) mass is 342 g/mol. The first-order chi connectivity index (χ1) is 11.7. The molecule has 0 spiro atoms. The lowest BCUT2D eigenvalue weighted by atomic mass is 10.00. The highest BCUT2D eigenvalue weighted by molar-refractivity contribution is 6.30. The minimum absolute atomic E-state index is 0.361. The van der Waals surface area contributed by atoms with Crippen LogP contribution in [-0.4, -0.2) is 38.0 Å². The molecular weight excluding hydrogens is 324 g/mol. The average Bonchev–Trinajstić information content (AvgIpc) is 3.00. The molecule has 0 aliphatic carbocycles. The third-order valence-electron chi connectivity index (χ3n) is 4.46. The zero-order chi connectivity index (χ0) is 16.5. The van der Waals surface area contributed by atoms with Crippen LogP contribution in [0.2, 0.25) is 5.02 Å². The molecular formula is C17H19ClN6. The lowest BCUT2D eigenvalue weighted by Crippen LogP contribution is -2.46. The Balaban J connectivity index is 1.65. The van der Waals surface area contributed by atoms with Crippen LogP contribution in [0.5, 0.6) is 0 Å². The third-order valence-corrected chi connectivity index (χ3v) is 4.69. The van der Waals surface area contributed by atoms with Gasteiger partial charge in [0.05, 0.1) is 29.3 Å². The van der Waals surface area contributed by atoms with Crippen molar-refractivity contribution < 1.29 is 0 Å². The molecule has 6 nitrogen and oxygen atoms in total. The highest BCUT2D eigenvalue weighted by Crippen LogP contribution is 2.22. The van der Waals surface area contributed by atoms with Gasteiger partial charge in [-0.2, -0.15) is 0 Å². The highest BCUT2D eigenvalue weighted by Gasteiger charge is 2.21. The van der Waals surface area contributed by atoms with E-state index < -0.39 is 0 Å². The smallest absolute Gasteiger partial charge is 0.145 e. The minimum Gasteiger partial charge on any atom is -0.364 e. The maximum absolute atomic E-state index is 6.11. The van der Waals surface area contributed by atoms with Crippen molar-refractivity contribution in [2.75, 3.05) is 11.9 Å². The van der Waals surface area contributed by atoms with Crippen molar-refractivity contribution in [3.63, 3.8) is 0 Å². The molecule has 3 aromatic heterocycles. The van der Waals surface area contributed by atoms with Crippen molar-refractivity contribution in [2.24, 2.45) is 0 Å². The van der Waals surface area contributed by atoms with Gasteiger partial charge in [0.15, 0.2) is 0 Å². The highest BCUT2D eigenvalue weighted by atomic mass is 35.5. The fourth-order valence-electron chi connectivity index (χ4n) is 3.13. The fourth-order valence-corrected chi connectivity index (χ4v) is 3.29. The first-order valence-corrected chi connectivity index (χ1v) is 8.53. The summed E-state index contributed by atoms with van der Waals surface area (Å²) in [5.41, 5.74) is 2.48. The van der Waals surface area contributed by atoms with E-state index >= 15 is 0 Å². The molecule has 7 heteroatoms. The molecule has 2 N–H and O–H groups in total.